The Kier molecular flexibility index (Phi) is 4.38. The van der Waals surface area contributed by atoms with E-state index in [4.69, 9.17) is 9.47 Å². The first-order valence-electron chi connectivity index (χ1n) is 6.50. The number of carbonyl (C=O) groups is 2. The third kappa shape index (κ3) is 3.11. The third-order valence-corrected chi connectivity index (χ3v) is 3.21. The summed E-state index contributed by atoms with van der Waals surface area (Å²) in [4.78, 5) is 24.3. The summed E-state index contributed by atoms with van der Waals surface area (Å²) in [5.74, 6) is -1.20. The van der Waals surface area contributed by atoms with Crippen LogP contribution >= 0.6 is 0 Å². The van der Waals surface area contributed by atoms with Crippen LogP contribution in [0.25, 0.3) is 0 Å². The van der Waals surface area contributed by atoms with Crippen molar-refractivity contribution in [3.63, 3.8) is 0 Å². The summed E-state index contributed by atoms with van der Waals surface area (Å²) in [6.07, 6.45) is 0. The second kappa shape index (κ2) is 6.22. The van der Waals surface area contributed by atoms with Gasteiger partial charge in [-0.25, -0.2) is 9.59 Å². The Morgan fingerprint density at radius 2 is 1.43 bits per heavy atom. The van der Waals surface area contributed by atoms with Gasteiger partial charge in [-0.2, -0.15) is 0 Å². The molecule has 0 aliphatic rings. The summed E-state index contributed by atoms with van der Waals surface area (Å²) in [6.45, 7) is 1.52. The van der Waals surface area contributed by atoms with Crippen molar-refractivity contribution in [1.29, 1.82) is 0 Å². The molecule has 0 N–H and O–H groups in total. The number of methoxy groups -OCH3 is 1. The summed E-state index contributed by atoms with van der Waals surface area (Å²) in [5, 5.41) is 0. The number of hydrogen-bond donors (Lipinski definition) is 0. The molecule has 4 nitrogen and oxygen atoms in total. The van der Waals surface area contributed by atoms with Gasteiger partial charge < -0.3 is 9.47 Å². The van der Waals surface area contributed by atoms with Gasteiger partial charge in [0.25, 0.3) is 0 Å². The highest BCUT2D eigenvalue weighted by Crippen LogP contribution is 2.28. The molecule has 0 amide bonds. The molecule has 0 bridgehead atoms. The fourth-order valence-electron chi connectivity index (χ4n) is 1.99. The fourth-order valence-corrected chi connectivity index (χ4v) is 1.99. The summed E-state index contributed by atoms with van der Waals surface area (Å²) < 4.78 is 10.2. The van der Waals surface area contributed by atoms with Crippen molar-refractivity contribution < 1.29 is 19.1 Å². The molecule has 108 valence electrons. The maximum absolute atomic E-state index is 12.2. The molecule has 2 aromatic carbocycles. The highest BCUT2D eigenvalue weighted by molar-refractivity contribution is 5.92. The van der Waals surface area contributed by atoms with Crippen molar-refractivity contribution in [1.82, 2.24) is 0 Å². The lowest BCUT2D eigenvalue weighted by molar-refractivity contribution is -0.162. The predicted octanol–water partition coefficient (Wildman–Crippen LogP) is 2.93. The number of rotatable bonds is 4. The first kappa shape index (κ1) is 14.8. The number of carbonyl (C=O) groups excluding carboxylic acids is 2. The largest absolute Gasteiger partial charge is 0.466 e. The van der Waals surface area contributed by atoms with Crippen molar-refractivity contribution in [3.8, 4) is 0 Å². The molecule has 0 aliphatic heterocycles. The van der Waals surface area contributed by atoms with E-state index in [1.165, 1.54) is 14.0 Å². The molecule has 0 unspecified atom stereocenters. The monoisotopic (exact) mass is 284 g/mol. The van der Waals surface area contributed by atoms with E-state index in [2.05, 4.69) is 0 Å². The van der Waals surface area contributed by atoms with Gasteiger partial charge in [-0.1, -0.05) is 48.5 Å². The maximum Gasteiger partial charge on any atom is 0.354 e. The van der Waals surface area contributed by atoms with Gasteiger partial charge in [-0.05, 0) is 19.1 Å². The second-order valence-corrected chi connectivity index (χ2v) is 4.65. The summed E-state index contributed by atoms with van der Waals surface area (Å²) in [7, 11) is 1.26. The summed E-state index contributed by atoms with van der Waals surface area (Å²) in [5.41, 5.74) is -0.548. The number of benzene rings is 2. The molecule has 0 aliphatic carbocycles. The topological polar surface area (TPSA) is 52.6 Å². The van der Waals surface area contributed by atoms with Crippen LogP contribution in [-0.4, -0.2) is 19.0 Å². The highest BCUT2D eigenvalue weighted by atomic mass is 16.6. The van der Waals surface area contributed by atoms with Crippen LogP contribution < -0.4 is 0 Å². The predicted molar refractivity (Wildman–Crippen MR) is 77.7 cm³/mol. The number of hydrogen-bond acceptors (Lipinski definition) is 4. The van der Waals surface area contributed by atoms with Crippen molar-refractivity contribution in [2.24, 2.45) is 0 Å². The van der Waals surface area contributed by atoms with Crippen LogP contribution in [-0.2, 0) is 19.9 Å². The highest BCUT2D eigenvalue weighted by Gasteiger charge is 2.40. The van der Waals surface area contributed by atoms with Gasteiger partial charge in [0, 0.05) is 5.56 Å². The van der Waals surface area contributed by atoms with E-state index in [9.17, 15) is 9.59 Å². The van der Waals surface area contributed by atoms with Gasteiger partial charge in [0.1, 0.15) is 0 Å². The van der Waals surface area contributed by atoms with Gasteiger partial charge in [0.15, 0.2) is 0 Å². The smallest absolute Gasteiger partial charge is 0.354 e. The van der Waals surface area contributed by atoms with Crippen molar-refractivity contribution in [2.45, 2.75) is 12.5 Å². The first-order valence-corrected chi connectivity index (χ1v) is 6.50. The van der Waals surface area contributed by atoms with Crippen LogP contribution in [0.3, 0.4) is 0 Å². The lowest BCUT2D eigenvalue weighted by atomic mass is 9.95. The van der Waals surface area contributed by atoms with Crippen LogP contribution in [0.15, 0.2) is 60.7 Å². The molecule has 0 spiro atoms. The van der Waals surface area contributed by atoms with Crippen LogP contribution in [0.4, 0.5) is 0 Å². The maximum atomic E-state index is 12.2. The molecule has 2 rings (SSSR count). The van der Waals surface area contributed by atoms with Crippen LogP contribution in [0.1, 0.15) is 22.8 Å². The zero-order valence-corrected chi connectivity index (χ0v) is 11.9. The molecule has 1 atom stereocenters. The Bertz CT molecular complexity index is 622. The minimum Gasteiger partial charge on any atom is -0.466 e. The zero-order chi connectivity index (χ0) is 15.3. The Hall–Kier alpha value is -2.62. The molecular weight excluding hydrogens is 268 g/mol. The van der Waals surface area contributed by atoms with E-state index >= 15 is 0 Å². The minimum atomic E-state index is -1.48. The number of esters is 2. The fraction of sp³-hybridized carbons (Fsp3) is 0.176. The summed E-state index contributed by atoms with van der Waals surface area (Å²) >= 11 is 0. The molecule has 0 saturated carbocycles. The van der Waals surface area contributed by atoms with Gasteiger partial charge >= 0.3 is 11.9 Å². The normalized spacial score (nSPS) is 13.0. The van der Waals surface area contributed by atoms with Crippen LogP contribution in [0.5, 0.6) is 0 Å². The Balaban J connectivity index is 2.34. The van der Waals surface area contributed by atoms with E-state index < -0.39 is 17.5 Å². The van der Waals surface area contributed by atoms with Gasteiger partial charge in [-0.3, -0.25) is 0 Å². The van der Waals surface area contributed by atoms with Gasteiger partial charge in [0.2, 0.25) is 5.60 Å². The van der Waals surface area contributed by atoms with Crippen molar-refractivity contribution in [3.05, 3.63) is 71.8 Å². The van der Waals surface area contributed by atoms with E-state index in [1.807, 2.05) is 6.07 Å². The molecule has 0 heterocycles. The molecule has 0 aromatic heterocycles. The first-order chi connectivity index (χ1) is 10.1. The number of ether oxygens (including phenoxy) is 2. The zero-order valence-electron chi connectivity index (χ0n) is 11.9. The van der Waals surface area contributed by atoms with Gasteiger partial charge in [-0.15, -0.1) is 0 Å². The Labute approximate surface area is 123 Å². The Morgan fingerprint density at radius 3 is 1.95 bits per heavy atom. The third-order valence-electron chi connectivity index (χ3n) is 3.21. The molecule has 0 radical (unpaired) electrons. The Morgan fingerprint density at radius 1 is 0.905 bits per heavy atom. The average molecular weight is 284 g/mol. The lowest BCUT2D eigenvalue weighted by Crippen LogP contribution is -2.38. The molecule has 0 fully saturated rings. The standard InChI is InChI=1S/C17H16O4/c1-17(16(19)20-2,14-11-7-4-8-12-14)21-15(18)13-9-5-3-6-10-13/h3-12H,1-2H3/t17-/m1/s1. The molecule has 0 saturated heterocycles. The molecule has 21 heavy (non-hydrogen) atoms. The quantitative estimate of drug-likeness (QED) is 0.810. The van der Waals surface area contributed by atoms with Crippen molar-refractivity contribution >= 4 is 11.9 Å². The van der Waals surface area contributed by atoms with Crippen LogP contribution in [0, 0.1) is 0 Å². The SMILES string of the molecule is COC(=O)[C@](C)(OC(=O)c1ccccc1)c1ccccc1. The van der Waals surface area contributed by atoms with Gasteiger partial charge in [0.05, 0.1) is 12.7 Å². The van der Waals surface area contributed by atoms with Crippen molar-refractivity contribution in [2.75, 3.05) is 7.11 Å². The van der Waals surface area contributed by atoms with E-state index in [0.29, 0.717) is 11.1 Å². The van der Waals surface area contributed by atoms with E-state index in [1.54, 1.807) is 54.6 Å². The lowest BCUT2D eigenvalue weighted by Gasteiger charge is -2.27. The molecule has 4 heteroatoms. The summed E-state index contributed by atoms with van der Waals surface area (Å²) in [6, 6.07) is 17.3. The minimum absolute atomic E-state index is 0.378. The molecular formula is C17H16O4. The van der Waals surface area contributed by atoms with Crippen LogP contribution in [0.2, 0.25) is 0 Å². The molecule has 2 aromatic rings. The average Bonchev–Trinajstić information content (AvgIpc) is 2.55. The van der Waals surface area contributed by atoms with E-state index in [0.717, 1.165) is 0 Å². The second-order valence-electron chi connectivity index (χ2n) is 4.65. The van der Waals surface area contributed by atoms with E-state index in [-0.39, 0.29) is 0 Å².